The van der Waals surface area contributed by atoms with Crippen LogP contribution in [0.3, 0.4) is 0 Å². The van der Waals surface area contributed by atoms with E-state index in [1.165, 1.54) is 0 Å². The number of hydrogen-bond donors (Lipinski definition) is 3. The van der Waals surface area contributed by atoms with E-state index in [1.807, 2.05) is 36.4 Å². The largest absolute Gasteiger partial charge is 0.445 e. The highest BCUT2D eigenvalue weighted by Crippen LogP contribution is 2.12. The third-order valence-corrected chi connectivity index (χ3v) is 4.81. The van der Waals surface area contributed by atoms with Gasteiger partial charge in [-0.15, -0.1) is 0 Å². The monoisotopic (exact) mass is 445 g/mol. The molecular formula is C23H28ClN3O4. The number of carbonyl (C=O) groups excluding carboxylic acids is 3. The van der Waals surface area contributed by atoms with Crippen molar-refractivity contribution in [1.82, 2.24) is 10.6 Å². The summed E-state index contributed by atoms with van der Waals surface area (Å²) in [6.45, 7) is 0.691. The number of alkyl carbamates (subject to hydrolysis) is 1. The first-order chi connectivity index (χ1) is 14.9. The summed E-state index contributed by atoms with van der Waals surface area (Å²) in [4.78, 5) is 35.5. The van der Waals surface area contributed by atoms with Crippen LogP contribution in [0.4, 0.5) is 4.79 Å². The van der Waals surface area contributed by atoms with Crippen LogP contribution in [0.2, 0.25) is 5.02 Å². The average Bonchev–Trinajstić information content (AvgIpc) is 2.75. The Hall–Kier alpha value is -3.06. The molecule has 0 unspecified atom stereocenters. The first-order valence-electron chi connectivity index (χ1n) is 10.2. The van der Waals surface area contributed by atoms with Crippen molar-refractivity contribution in [2.24, 2.45) is 5.73 Å². The maximum absolute atomic E-state index is 12.1. The lowest BCUT2D eigenvalue weighted by Gasteiger charge is -2.16. The van der Waals surface area contributed by atoms with E-state index in [9.17, 15) is 14.4 Å². The molecule has 2 rings (SSSR count). The summed E-state index contributed by atoms with van der Waals surface area (Å²) in [6.07, 6.45) is 2.20. The SMILES string of the molecule is NC(=O)[C@H](Cc1cccc(Cl)c1)NC(=O)CCCCCNC(=O)OCc1ccccc1. The fourth-order valence-corrected chi connectivity index (χ4v) is 3.15. The minimum atomic E-state index is -0.785. The highest BCUT2D eigenvalue weighted by atomic mass is 35.5. The predicted molar refractivity (Wildman–Crippen MR) is 119 cm³/mol. The van der Waals surface area contributed by atoms with Gasteiger partial charge < -0.3 is 21.1 Å². The van der Waals surface area contributed by atoms with Crippen LogP contribution in [0.15, 0.2) is 54.6 Å². The molecule has 166 valence electrons. The van der Waals surface area contributed by atoms with E-state index in [4.69, 9.17) is 22.1 Å². The number of carbonyl (C=O) groups is 3. The summed E-state index contributed by atoms with van der Waals surface area (Å²) in [6, 6.07) is 15.7. The van der Waals surface area contributed by atoms with E-state index in [0.717, 1.165) is 24.0 Å². The van der Waals surface area contributed by atoms with Gasteiger partial charge in [0.25, 0.3) is 0 Å². The van der Waals surface area contributed by atoms with Gasteiger partial charge in [0.2, 0.25) is 11.8 Å². The second kappa shape index (κ2) is 13.3. The molecule has 2 aromatic rings. The molecule has 4 N–H and O–H groups in total. The second-order valence-corrected chi connectivity index (χ2v) is 7.59. The van der Waals surface area contributed by atoms with E-state index < -0.39 is 18.0 Å². The molecule has 0 saturated carbocycles. The molecule has 0 spiro atoms. The summed E-state index contributed by atoms with van der Waals surface area (Å²) in [5, 5.41) is 5.93. The summed E-state index contributed by atoms with van der Waals surface area (Å²) < 4.78 is 5.13. The molecule has 0 aliphatic heterocycles. The molecule has 3 amide bonds. The van der Waals surface area contributed by atoms with E-state index in [1.54, 1.807) is 18.2 Å². The molecule has 0 radical (unpaired) electrons. The lowest BCUT2D eigenvalue weighted by atomic mass is 10.0. The lowest BCUT2D eigenvalue weighted by molar-refractivity contribution is -0.127. The fourth-order valence-electron chi connectivity index (χ4n) is 2.94. The van der Waals surface area contributed by atoms with Gasteiger partial charge in [-0.2, -0.15) is 0 Å². The second-order valence-electron chi connectivity index (χ2n) is 7.16. The molecule has 1 atom stereocenters. The lowest BCUT2D eigenvalue weighted by Crippen LogP contribution is -2.45. The van der Waals surface area contributed by atoms with Gasteiger partial charge in [-0.3, -0.25) is 9.59 Å². The van der Waals surface area contributed by atoms with Gasteiger partial charge >= 0.3 is 6.09 Å². The van der Waals surface area contributed by atoms with Crippen LogP contribution in [0.1, 0.15) is 36.8 Å². The zero-order chi connectivity index (χ0) is 22.5. The van der Waals surface area contributed by atoms with E-state index >= 15 is 0 Å². The highest BCUT2D eigenvalue weighted by molar-refractivity contribution is 6.30. The van der Waals surface area contributed by atoms with Gasteiger partial charge in [-0.05, 0) is 36.1 Å². The van der Waals surface area contributed by atoms with Crippen LogP contribution >= 0.6 is 11.6 Å². The van der Waals surface area contributed by atoms with Gasteiger partial charge in [-0.25, -0.2) is 4.79 Å². The van der Waals surface area contributed by atoms with Crippen molar-refractivity contribution in [3.8, 4) is 0 Å². The number of halogens is 1. The number of nitrogens with one attached hydrogen (secondary N) is 2. The fraction of sp³-hybridized carbons (Fsp3) is 0.348. The minimum Gasteiger partial charge on any atom is -0.445 e. The number of hydrogen-bond acceptors (Lipinski definition) is 4. The third-order valence-electron chi connectivity index (χ3n) is 4.57. The molecule has 0 aliphatic rings. The number of benzene rings is 2. The maximum Gasteiger partial charge on any atom is 0.407 e. The summed E-state index contributed by atoms with van der Waals surface area (Å²) in [7, 11) is 0. The minimum absolute atomic E-state index is 0.225. The molecule has 2 aromatic carbocycles. The number of nitrogens with two attached hydrogens (primary N) is 1. The Bertz CT molecular complexity index is 861. The zero-order valence-corrected chi connectivity index (χ0v) is 18.1. The summed E-state index contributed by atoms with van der Waals surface area (Å²) in [5.74, 6) is -0.826. The van der Waals surface area contributed by atoms with Crippen LogP contribution < -0.4 is 16.4 Å². The van der Waals surface area contributed by atoms with Gasteiger partial charge in [-0.1, -0.05) is 60.5 Å². The Balaban J connectivity index is 1.58. The Morgan fingerprint density at radius 2 is 1.71 bits per heavy atom. The molecule has 8 heteroatoms. The maximum atomic E-state index is 12.1. The standard InChI is InChI=1S/C23H28ClN3O4/c24-19-11-7-10-18(14-19)15-20(22(25)29)27-21(28)12-5-2-6-13-26-23(30)31-16-17-8-3-1-4-9-17/h1,3-4,7-11,14,20H,2,5-6,12-13,15-16H2,(H2,25,29)(H,26,30)(H,27,28)/t20-/m0/s1. The molecule has 0 heterocycles. The quantitative estimate of drug-likeness (QED) is 0.435. The predicted octanol–water partition coefficient (Wildman–Crippen LogP) is 3.34. The van der Waals surface area contributed by atoms with Crippen LogP contribution in [-0.4, -0.2) is 30.5 Å². The molecule has 0 bridgehead atoms. The van der Waals surface area contributed by atoms with Crippen molar-refractivity contribution in [2.45, 2.75) is 44.8 Å². The van der Waals surface area contributed by atoms with E-state index in [2.05, 4.69) is 10.6 Å². The molecule has 7 nitrogen and oxygen atoms in total. The van der Waals surface area contributed by atoms with Crippen molar-refractivity contribution >= 4 is 29.5 Å². The van der Waals surface area contributed by atoms with Gasteiger partial charge in [0, 0.05) is 24.4 Å². The van der Waals surface area contributed by atoms with Crippen molar-refractivity contribution in [1.29, 1.82) is 0 Å². The smallest absolute Gasteiger partial charge is 0.407 e. The third kappa shape index (κ3) is 10.00. The number of ether oxygens (including phenoxy) is 1. The summed E-state index contributed by atoms with van der Waals surface area (Å²) in [5.41, 5.74) is 7.16. The Labute approximate surface area is 187 Å². The molecular weight excluding hydrogens is 418 g/mol. The Kier molecular flexibility index (Phi) is 10.4. The Morgan fingerprint density at radius 1 is 0.968 bits per heavy atom. The van der Waals surface area contributed by atoms with E-state index in [-0.39, 0.29) is 25.4 Å². The molecule has 0 fully saturated rings. The van der Waals surface area contributed by atoms with Crippen molar-refractivity contribution in [3.63, 3.8) is 0 Å². The number of primary amides is 1. The van der Waals surface area contributed by atoms with E-state index in [0.29, 0.717) is 18.0 Å². The number of unbranched alkanes of at least 4 members (excludes halogenated alkanes) is 2. The number of amides is 3. The normalized spacial score (nSPS) is 11.4. The number of rotatable bonds is 12. The first-order valence-corrected chi connectivity index (χ1v) is 10.6. The van der Waals surface area contributed by atoms with Crippen LogP contribution in [-0.2, 0) is 27.4 Å². The van der Waals surface area contributed by atoms with Crippen LogP contribution in [0, 0.1) is 0 Å². The zero-order valence-electron chi connectivity index (χ0n) is 17.3. The van der Waals surface area contributed by atoms with Crippen molar-refractivity contribution in [3.05, 3.63) is 70.7 Å². The highest BCUT2D eigenvalue weighted by Gasteiger charge is 2.18. The first kappa shape index (κ1) is 24.2. The van der Waals surface area contributed by atoms with Crippen molar-refractivity contribution < 1.29 is 19.1 Å². The van der Waals surface area contributed by atoms with Gasteiger partial charge in [0.15, 0.2) is 0 Å². The molecule has 0 aromatic heterocycles. The van der Waals surface area contributed by atoms with Gasteiger partial charge in [0.05, 0.1) is 0 Å². The topological polar surface area (TPSA) is 111 Å². The van der Waals surface area contributed by atoms with Gasteiger partial charge in [0.1, 0.15) is 12.6 Å². The summed E-state index contributed by atoms with van der Waals surface area (Å²) >= 11 is 5.95. The molecule has 31 heavy (non-hydrogen) atoms. The van der Waals surface area contributed by atoms with Crippen LogP contribution in [0.5, 0.6) is 0 Å². The van der Waals surface area contributed by atoms with Crippen molar-refractivity contribution in [2.75, 3.05) is 6.54 Å². The molecule has 0 saturated heterocycles. The Morgan fingerprint density at radius 3 is 2.42 bits per heavy atom. The molecule has 0 aliphatic carbocycles. The van der Waals surface area contributed by atoms with Crippen LogP contribution in [0.25, 0.3) is 0 Å². The average molecular weight is 446 g/mol.